The van der Waals surface area contributed by atoms with Gasteiger partial charge in [0.25, 0.3) is 11.1 Å². The van der Waals surface area contributed by atoms with E-state index in [0.717, 1.165) is 11.1 Å². The first kappa shape index (κ1) is 14.3. The zero-order chi connectivity index (χ0) is 15.5. The molecule has 1 heterocycles. The Bertz CT molecular complexity index is 759. The average Bonchev–Trinajstić information content (AvgIpc) is 2.65. The van der Waals surface area contributed by atoms with Gasteiger partial charge in [-0.25, -0.2) is 4.99 Å². The van der Waals surface area contributed by atoms with Crippen LogP contribution in [-0.4, -0.2) is 23.0 Å². The van der Waals surface area contributed by atoms with Gasteiger partial charge in [-0.2, -0.15) is 0 Å². The normalized spacial score (nSPS) is 16.9. The van der Waals surface area contributed by atoms with E-state index in [2.05, 4.69) is 28.3 Å². The van der Waals surface area contributed by atoms with Gasteiger partial charge in [0.05, 0.1) is 11.4 Å². The van der Waals surface area contributed by atoms with Crippen molar-refractivity contribution in [1.29, 1.82) is 0 Å². The predicted octanol–water partition coefficient (Wildman–Crippen LogP) is 2.44. The Labute approximate surface area is 132 Å². The van der Waals surface area contributed by atoms with Crippen molar-refractivity contribution in [3.05, 3.63) is 65.7 Å². The molecule has 0 aliphatic carbocycles. The minimum atomic E-state index is -1.02. The molecule has 2 aromatic carbocycles. The van der Waals surface area contributed by atoms with Gasteiger partial charge in [-0.05, 0) is 6.07 Å². The number of amides is 2. The summed E-state index contributed by atoms with van der Waals surface area (Å²) in [6, 6.07) is 16.9. The fraction of sp³-hybridized carbons (Fsp3) is 0.0625. The standard InChI is InChI=1S/C16H13N3O2S/c20-15-14(19-16(21)22)18-13(10-6-2-1-3-7-10)11-8-4-5-9-12(11)17-15/h1-9,14H,(H,17,20)(H2,19,21,22)/t14-/m1/s1. The molecule has 6 heteroatoms. The monoisotopic (exact) mass is 311 g/mol. The van der Waals surface area contributed by atoms with Gasteiger partial charge in [-0.3, -0.25) is 9.59 Å². The van der Waals surface area contributed by atoms with Crippen LogP contribution >= 0.6 is 12.6 Å². The number of nitrogens with zero attached hydrogens (tertiary/aromatic N) is 1. The first-order chi connectivity index (χ1) is 10.6. The Balaban J connectivity index is 2.15. The molecule has 22 heavy (non-hydrogen) atoms. The second-order valence-corrected chi connectivity index (χ2v) is 5.14. The molecule has 1 aliphatic rings. The number of benzodiazepines with no additional fused rings is 1. The van der Waals surface area contributed by atoms with Gasteiger partial charge < -0.3 is 10.6 Å². The number of anilines is 1. The van der Waals surface area contributed by atoms with Gasteiger partial charge in [0.2, 0.25) is 6.17 Å². The van der Waals surface area contributed by atoms with E-state index in [0.29, 0.717) is 11.4 Å². The van der Waals surface area contributed by atoms with E-state index in [4.69, 9.17) is 0 Å². The third-order valence-electron chi connectivity index (χ3n) is 3.25. The topological polar surface area (TPSA) is 70.6 Å². The van der Waals surface area contributed by atoms with E-state index in [-0.39, 0.29) is 0 Å². The Morgan fingerprint density at radius 1 is 1.09 bits per heavy atom. The van der Waals surface area contributed by atoms with Gasteiger partial charge in [0.15, 0.2) is 0 Å². The second kappa shape index (κ2) is 6.03. The van der Waals surface area contributed by atoms with Crippen molar-refractivity contribution >= 4 is 35.2 Å². The minimum absolute atomic E-state index is 0.402. The lowest BCUT2D eigenvalue weighted by atomic mass is 10.0. The third kappa shape index (κ3) is 2.87. The van der Waals surface area contributed by atoms with Crippen molar-refractivity contribution in [1.82, 2.24) is 5.32 Å². The largest absolute Gasteiger partial charge is 0.322 e. The van der Waals surface area contributed by atoms with E-state index < -0.39 is 17.3 Å². The number of carbonyl (C=O) groups is 2. The highest BCUT2D eigenvalue weighted by molar-refractivity contribution is 7.96. The van der Waals surface area contributed by atoms with Crippen LogP contribution in [0.15, 0.2) is 59.6 Å². The zero-order valence-electron chi connectivity index (χ0n) is 11.5. The van der Waals surface area contributed by atoms with E-state index in [9.17, 15) is 9.59 Å². The van der Waals surface area contributed by atoms with Gasteiger partial charge in [0, 0.05) is 11.1 Å². The number of para-hydroxylation sites is 1. The molecule has 1 aliphatic heterocycles. The van der Waals surface area contributed by atoms with E-state index in [1.807, 2.05) is 48.5 Å². The van der Waals surface area contributed by atoms with Crippen LogP contribution in [0.1, 0.15) is 11.1 Å². The SMILES string of the molecule is O=C(S)N[C@H]1N=C(c2ccccc2)c2ccccc2NC1=O. The van der Waals surface area contributed by atoms with Crippen LogP contribution in [0.2, 0.25) is 0 Å². The van der Waals surface area contributed by atoms with Crippen molar-refractivity contribution in [2.24, 2.45) is 4.99 Å². The molecule has 0 fully saturated rings. The summed E-state index contributed by atoms with van der Waals surface area (Å²) in [7, 11) is 0. The van der Waals surface area contributed by atoms with Crippen LogP contribution in [0.3, 0.4) is 0 Å². The lowest BCUT2D eigenvalue weighted by Crippen LogP contribution is -2.40. The quantitative estimate of drug-likeness (QED) is 0.746. The first-order valence-electron chi connectivity index (χ1n) is 6.68. The lowest BCUT2D eigenvalue weighted by molar-refractivity contribution is -0.117. The van der Waals surface area contributed by atoms with Crippen LogP contribution in [-0.2, 0) is 4.79 Å². The van der Waals surface area contributed by atoms with Crippen LogP contribution < -0.4 is 10.6 Å². The number of rotatable bonds is 2. The van der Waals surface area contributed by atoms with Crippen LogP contribution in [0.4, 0.5) is 10.5 Å². The number of aliphatic imine (C=N–C) groups is 1. The molecule has 110 valence electrons. The van der Waals surface area contributed by atoms with Gasteiger partial charge in [-0.15, -0.1) is 0 Å². The van der Waals surface area contributed by atoms with Gasteiger partial charge in [0.1, 0.15) is 0 Å². The van der Waals surface area contributed by atoms with Crippen molar-refractivity contribution in [2.45, 2.75) is 6.17 Å². The molecule has 2 N–H and O–H groups in total. The molecule has 2 aromatic rings. The molecule has 0 saturated heterocycles. The summed E-state index contributed by atoms with van der Waals surface area (Å²) >= 11 is 3.66. The summed E-state index contributed by atoms with van der Waals surface area (Å²) in [6.45, 7) is 0. The highest BCUT2D eigenvalue weighted by Gasteiger charge is 2.26. The number of hydrogen-bond acceptors (Lipinski definition) is 3. The molecular weight excluding hydrogens is 298 g/mol. The van der Waals surface area contributed by atoms with Gasteiger partial charge in [-0.1, -0.05) is 61.2 Å². The highest BCUT2D eigenvalue weighted by Crippen LogP contribution is 2.23. The van der Waals surface area contributed by atoms with Crippen LogP contribution in [0.5, 0.6) is 0 Å². The fourth-order valence-electron chi connectivity index (χ4n) is 2.30. The molecule has 3 rings (SSSR count). The molecule has 0 saturated carbocycles. The van der Waals surface area contributed by atoms with Crippen molar-refractivity contribution in [3.8, 4) is 0 Å². The van der Waals surface area contributed by atoms with Crippen LogP contribution in [0, 0.1) is 0 Å². The molecule has 1 atom stereocenters. The molecule has 2 amide bonds. The zero-order valence-corrected chi connectivity index (χ0v) is 12.4. The molecule has 0 spiro atoms. The number of hydrogen-bond donors (Lipinski definition) is 3. The summed E-state index contributed by atoms with van der Waals surface area (Å²) in [5, 5.41) is 4.60. The van der Waals surface area contributed by atoms with E-state index in [1.165, 1.54) is 0 Å². The van der Waals surface area contributed by atoms with Crippen molar-refractivity contribution in [3.63, 3.8) is 0 Å². The maximum atomic E-state index is 12.2. The Morgan fingerprint density at radius 2 is 1.77 bits per heavy atom. The second-order valence-electron chi connectivity index (χ2n) is 4.73. The number of benzene rings is 2. The molecule has 0 bridgehead atoms. The Kier molecular flexibility index (Phi) is 3.93. The van der Waals surface area contributed by atoms with Gasteiger partial charge >= 0.3 is 0 Å². The third-order valence-corrected chi connectivity index (χ3v) is 3.38. The Morgan fingerprint density at radius 3 is 2.50 bits per heavy atom. The summed E-state index contributed by atoms with van der Waals surface area (Å²) in [4.78, 5) is 27.8. The van der Waals surface area contributed by atoms with E-state index in [1.54, 1.807) is 6.07 Å². The van der Waals surface area contributed by atoms with Crippen LogP contribution in [0.25, 0.3) is 0 Å². The minimum Gasteiger partial charge on any atom is -0.322 e. The predicted molar refractivity (Wildman–Crippen MR) is 88.5 cm³/mol. The summed E-state index contributed by atoms with van der Waals surface area (Å²) in [5.74, 6) is -0.402. The molecule has 0 radical (unpaired) electrons. The fourth-order valence-corrected chi connectivity index (χ4v) is 2.42. The number of nitrogens with one attached hydrogen (secondary N) is 2. The summed E-state index contributed by atoms with van der Waals surface area (Å²) in [5.41, 5.74) is 2.97. The smallest absolute Gasteiger partial charge is 0.278 e. The maximum Gasteiger partial charge on any atom is 0.278 e. The molecular formula is C16H13N3O2S. The summed E-state index contributed by atoms with van der Waals surface area (Å²) in [6.07, 6.45) is -1.02. The number of thiol groups is 1. The first-order valence-corrected chi connectivity index (χ1v) is 7.13. The summed E-state index contributed by atoms with van der Waals surface area (Å²) < 4.78 is 0. The number of carbonyl (C=O) groups excluding carboxylic acids is 2. The lowest BCUT2D eigenvalue weighted by Gasteiger charge is -2.11. The van der Waals surface area contributed by atoms with Crippen molar-refractivity contribution < 1.29 is 9.59 Å². The van der Waals surface area contributed by atoms with E-state index >= 15 is 0 Å². The average molecular weight is 311 g/mol. The highest BCUT2D eigenvalue weighted by atomic mass is 32.1. The van der Waals surface area contributed by atoms with Crippen molar-refractivity contribution in [2.75, 3.05) is 5.32 Å². The Hall–Kier alpha value is -2.60. The molecule has 0 aromatic heterocycles. The number of fused-ring (bicyclic) bond motifs is 1. The molecule has 5 nitrogen and oxygen atoms in total. The maximum absolute atomic E-state index is 12.2. The molecule has 0 unspecified atom stereocenters.